The van der Waals surface area contributed by atoms with Crippen molar-refractivity contribution in [1.82, 2.24) is 9.97 Å². The highest BCUT2D eigenvalue weighted by Crippen LogP contribution is 2.32. The van der Waals surface area contributed by atoms with Crippen LogP contribution in [0.3, 0.4) is 0 Å². The van der Waals surface area contributed by atoms with Gasteiger partial charge in [-0.05, 0) is 6.07 Å². The highest BCUT2D eigenvalue weighted by molar-refractivity contribution is 6.43. The molecule has 1 aromatic heterocycles. The second kappa shape index (κ2) is 4.35. The zero-order chi connectivity index (χ0) is 10.8. The predicted octanol–water partition coefficient (Wildman–Crippen LogP) is 4.10. The topological polar surface area (TPSA) is 25.8 Å². The van der Waals surface area contributed by atoms with Crippen molar-refractivity contribution in [1.29, 1.82) is 0 Å². The fourth-order valence-electron chi connectivity index (χ4n) is 1.18. The van der Waals surface area contributed by atoms with E-state index in [1.807, 2.05) is 6.07 Å². The molecule has 0 spiro atoms. The van der Waals surface area contributed by atoms with E-state index in [-0.39, 0.29) is 0 Å². The summed E-state index contributed by atoms with van der Waals surface area (Å²) in [6.45, 7) is 0. The van der Waals surface area contributed by atoms with E-state index in [1.165, 1.54) is 6.33 Å². The summed E-state index contributed by atoms with van der Waals surface area (Å²) in [5.41, 5.74) is 1.40. The molecule has 15 heavy (non-hydrogen) atoms. The second-order valence-corrected chi connectivity index (χ2v) is 4.00. The molecule has 0 unspecified atom stereocenters. The van der Waals surface area contributed by atoms with Gasteiger partial charge in [-0.3, -0.25) is 0 Å². The number of rotatable bonds is 1. The van der Waals surface area contributed by atoms with Crippen LogP contribution in [-0.2, 0) is 0 Å². The molecule has 5 heteroatoms. The molecular weight excluding hydrogens is 254 g/mol. The smallest absolute Gasteiger partial charge is 0.133 e. The highest BCUT2D eigenvalue weighted by Gasteiger charge is 2.08. The lowest BCUT2D eigenvalue weighted by Gasteiger charge is -2.04. The van der Waals surface area contributed by atoms with Crippen molar-refractivity contribution >= 4 is 34.8 Å². The molecule has 2 aromatic rings. The van der Waals surface area contributed by atoms with Crippen molar-refractivity contribution in [3.63, 3.8) is 0 Å². The van der Waals surface area contributed by atoms with Crippen LogP contribution < -0.4 is 0 Å². The molecule has 0 saturated heterocycles. The highest BCUT2D eigenvalue weighted by atomic mass is 35.5. The molecule has 1 heterocycles. The SMILES string of the molecule is Clc1cc(-c2cccc(Cl)c2Cl)ncn1. The summed E-state index contributed by atoms with van der Waals surface area (Å²) < 4.78 is 0. The first-order valence-electron chi connectivity index (χ1n) is 4.10. The minimum Gasteiger partial charge on any atom is -0.236 e. The van der Waals surface area contributed by atoms with Gasteiger partial charge in [-0.25, -0.2) is 9.97 Å². The molecule has 0 radical (unpaired) electrons. The maximum Gasteiger partial charge on any atom is 0.133 e. The number of halogens is 3. The van der Waals surface area contributed by atoms with Gasteiger partial charge in [-0.2, -0.15) is 0 Å². The Morgan fingerprint density at radius 1 is 1.00 bits per heavy atom. The van der Waals surface area contributed by atoms with Crippen molar-refractivity contribution in [2.45, 2.75) is 0 Å². The van der Waals surface area contributed by atoms with Crippen LogP contribution in [0.25, 0.3) is 11.3 Å². The lowest BCUT2D eigenvalue weighted by Crippen LogP contribution is -1.86. The third-order valence-electron chi connectivity index (χ3n) is 1.86. The fraction of sp³-hybridized carbons (Fsp3) is 0. The second-order valence-electron chi connectivity index (χ2n) is 2.83. The molecule has 2 rings (SSSR count). The zero-order valence-electron chi connectivity index (χ0n) is 7.42. The van der Waals surface area contributed by atoms with Crippen LogP contribution in [0.15, 0.2) is 30.6 Å². The summed E-state index contributed by atoms with van der Waals surface area (Å²) in [6.07, 6.45) is 1.38. The number of aromatic nitrogens is 2. The van der Waals surface area contributed by atoms with E-state index >= 15 is 0 Å². The van der Waals surface area contributed by atoms with Gasteiger partial charge in [0, 0.05) is 11.6 Å². The maximum atomic E-state index is 6.04. The first-order chi connectivity index (χ1) is 7.18. The van der Waals surface area contributed by atoms with Crippen molar-refractivity contribution in [3.05, 3.63) is 45.8 Å². The molecular formula is C10H5Cl3N2. The molecule has 0 aliphatic heterocycles. The van der Waals surface area contributed by atoms with Gasteiger partial charge in [-0.1, -0.05) is 46.9 Å². The molecule has 0 atom stereocenters. The maximum absolute atomic E-state index is 6.04. The summed E-state index contributed by atoms with van der Waals surface area (Å²) >= 11 is 17.7. The van der Waals surface area contributed by atoms with Crippen LogP contribution in [0, 0.1) is 0 Å². The summed E-state index contributed by atoms with van der Waals surface area (Å²) in [4.78, 5) is 7.87. The largest absolute Gasteiger partial charge is 0.236 e. The van der Waals surface area contributed by atoms with E-state index < -0.39 is 0 Å². The standard InChI is InChI=1S/C10H5Cl3N2/c11-7-3-1-2-6(10(7)13)8-4-9(12)15-5-14-8/h1-5H. The van der Waals surface area contributed by atoms with Gasteiger partial charge in [0.25, 0.3) is 0 Å². The first kappa shape index (κ1) is 10.7. The van der Waals surface area contributed by atoms with E-state index in [0.717, 1.165) is 5.56 Å². The molecule has 1 aromatic carbocycles. The molecule has 0 aliphatic carbocycles. The number of nitrogens with zero attached hydrogens (tertiary/aromatic N) is 2. The molecule has 0 fully saturated rings. The van der Waals surface area contributed by atoms with Gasteiger partial charge in [0.2, 0.25) is 0 Å². The fourth-order valence-corrected chi connectivity index (χ4v) is 1.73. The van der Waals surface area contributed by atoms with Crippen LogP contribution in [-0.4, -0.2) is 9.97 Å². The molecule has 0 saturated carbocycles. The molecule has 76 valence electrons. The van der Waals surface area contributed by atoms with Gasteiger partial charge in [0.15, 0.2) is 0 Å². The Labute approximate surface area is 102 Å². The Hall–Kier alpha value is -0.830. The third kappa shape index (κ3) is 2.23. The van der Waals surface area contributed by atoms with E-state index in [0.29, 0.717) is 20.9 Å². The predicted molar refractivity (Wildman–Crippen MR) is 62.5 cm³/mol. The molecule has 2 nitrogen and oxygen atoms in total. The summed E-state index contributed by atoms with van der Waals surface area (Å²) in [5.74, 6) is 0. The van der Waals surface area contributed by atoms with Gasteiger partial charge >= 0.3 is 0 Å². The van der Waals surface area contributed by atoms with Crippen molar-refractivity contribution in [2.24, 2.45) is 0 Å². The average molecular weight is 260 g/mol. The molecule has 0 amide bonds. The van der Waals surface area contributed by atoms with Gasteiger partial charge in [-0.15, -0.1) is 0 Å². The summed E-state index contributed by atoms with van der Waals surface area (Å²) in [6, 6.07) is 6.99. The molecule has 0 bridgehead atoms. The van der Waals surface area contributed by atoms with E-state index in [2.05, 4.69) is 9.97 Å². The van der Waals surface area contributed by atoms with Gasteiger partial charge < -0.3 is 0 Å². The van der Waals surface area contributed by atoms with E-state index in [1.54, 1.807) is 18.2 Å². The normalized spacial score (nSPS) is 10.3. The van der Waals surface area contributed by atoms with Crippen LogP contribution in [0.5, 0.6) is 0 Å². The summed E-state index contributed by atoms with van der Waals surface area (Å²) in [5, 5.41) is 1.33. The third-order valence-corrected chi connectivity index (χ3v) is 2.89. The molecule has 0 aliphatic rings. The number of hydrogen-bond acceptors (Lipinski definition) is 2. The van der Waals surface area contributed by atoms with Crippen LogP contribution in [0.4, 0.5) is 0 Å². The Morgan fingerprint density at radius 3 is 2.53 bits per heavy atom. The Morgan fingerprint density at radius 2 is 1.80 bits per heavy atom. The van der Waals surface area contributed by atoms with Gasteiger partial charge in [0.05, 0.1) is 15.7 Å². The Bertz CT molecular complexity index is 500. The lowest BCUT2D eigenvalue weighted by atomic mass is 10.1. The zero-order valence-corrected chi connectivity index (χ0v) is 9.68. The van der Waals surface area contributed by atoms with Crippen molar-refractivity contribution in [3.8, 4) is 11.3 Å². The lowest BCUT2D eigenvalue weighted by molar-refractivity contribution is 1.17. The van der Waals surface area contributed by atoms with E-state index in [4.69, 9.17) is 34.8 Å². The van der Waals surface area contributed by atoms with Crippen molar-refractivity contribution in [2.75, 3.05) is 0 Å². The minimum absolute atomic E-state index is 0.371. The van der Waals surface area contributed by atoms with Gasteiger partial charge in [0.1, 0.15) is 11.5 Å². The molecule has 0 N–H and O–H groups in total. The van der Waals surface area contributed by atoms with Crippen LogP contribution in [0.2, 0.25) is 15.2 Å². The van der Waals surface area contributed by atoms with Crippen molar-refractivity contribution < 1.29 is 0 Å². The number of hydrogen-bond donors (Lipinski definition) is 0. The van der Waals surface area contributed by atoms with Crippen LogP contribution >= 0.6 is 34.8 Å². The first-order valence-corrected chi connectivity index (χ1v) is 5.24. The quantitative estimate of drug-likeness (QED) is 0.721. The van der Waals surface area contributed by atoms with Crippen LogP contribution in [0.1, 0.15) is 0 Å². The Kier molecular flexibility index (Phi) is 3.10. The summed E-state index contributed by atoms with van der Waals surface area (Å²) in [7, 11) is 0. The van der Waals surface area contributed by atoms with E-state index in [9.17, 15) is 0 Å². The Balaban J connectivity index is 2.59. The minimum atomic E-state index is 0.371. The monoisotopic (exact) mass is 258 g/mol. The average Bonchev–Trinajstić information content (AvgIpc) is 2.22. The number of benzene rings is 1.